The third-order valence-electron chi connectivity index (χ3n) is 4.39. The van der Waals surface area contributed by atoms with Gasteiger partial charge >= 0.3 is 0 Å². The molecule has 1 unspecified atom stereocenters. The highest BCUT2D eigenvalue weighted by atomic mass is 79.9. The van der Waals surface area contributed by atoms with Crippen molar-refractivity contribution in [1.29, 1.82) is 0 Å². The number of anilines is 1. The van der Waals surface area contributed by atoms with Gasteiger partial charge in [-0.05, 0) is 59.1 Å². The predicted molar refractivity (Wildman–Crippen MR) is 126 cm³/mol. The van der Waals surface area contributed by atoms with Crippen LogP contribution < -0.4 is 10.1 Å². The zero-order valence-corrected chi connectivity index (χ0v) is 19.8. The fourth-order valence-electron chi connectivity index (χ4n) is 2.83. The second kappa shape index (κ2) is 11.1. The Hall–Kier alpha value is -2.65. The molecule has 0 saturated heterocycles. The lowest BCUT2D eigenvalue weighted by Crippen LogP contribution is -2.16. The van der Waals surface area contributed by atoms with Gasteiger partial charge < -0.3 is 10.1 Å². The number of nitrogens with zero attached hydrogens (tertiary/aromatic N) is 4. The van der Waals surface area contributed by atoms with Gasteiger partial charge in [-0.3, -0.25) is 9.36 Å². The van der Waals surface area contributed by atoms with Crippen LogP contribution in [0.5, 0.6) is 5.75 Å². The molecule has 0 fully saturated rings. The van der Waals surface area contributed by atoms with Gasteiger partial charge in [0.15, 0.2) is 17.1 Å². The first-order valence-corrected chi connectivity index (χ1v) is 11.6. The summed E-state index contributed by atoms with van der Waals surface area (Å²) in [4.78, 5) is 16.4. The number of halogens is 1. The summed E-state index contributed by atoms with van der Waals surface area (Å²) < 4.78 is 8.82. The van der Waals surface area contributed by atoms with E-state index in [0.29, 0.717) is 23.3 Å². The van der Waals surface area contributed by atoms with Crippen molar-refractivity contribution < 1.29 is 9.53 Å². The Bertz CT molecular complexity index is 1020. The third kappa shape index (κ3) is 6.41. The average molecular weight is 502 g/mol. The first kappa shape index (κ1) is 23.0. The summed E-state index contributed by atoms with van der Waals surface area (Å²) in [6, 6.07) is 11.6. The van der Waals surface area contributed by atoms with Crippen LogP contribution in [0.15, 0.2) is 64.9 Å². The van der Waals surface area contributed by atoms with Crippen LogP contribution in [0, 0.1) is 0 Å². The standard InChI is InChI=1S/C22H24BrN5O2S/c1-4-12-28-21(15(3)30-18-9-6-16(5-2)7-10-18)26-27-22(28)31-14-20(29)25-19-11-8-17(23)13-24-19/h4,6-11,13,15H,1,5,12,14H2,2-3H3,(H,24,25,29). The number of carbonyl (C=O) groups is 1. The van der Waals surface area contributed by atoms with Crippen molar-refractivity contribution in [2.75, 3.05) is 11.1 Å². The molecule has 1 N–H and O–H groups in total. The van der Waals surface area contributed by atoms with Crippen molar-refractivity contribution in [3.63, 3.8) is 0 Å². The molecule has 0 aliphatic heterocycles. The Morgan fingerprint density at radius 3 is 2.71 bits per heavy atom. The Balaban J connectivity index is 1.65. The molecule has 1 atom stereocenters. The Morgan fingerprint density at radius 1 is 1.29 bits per heavy atom. The number of aromatic nitrogens is 4. The van der Waals surface area contributed by atoms with Crippen molar-refractivity contribution in [2.45, 2.75) is 38.1 Å². The zero-order valence-electron chi connectivity index (χ0n) is 17.4. The maximum absolute atomic E-state index is 12.3. The molecular weight excluding hydrogens is 478 g/mol. The molecule has 3 aromatic rings. The molecule has 0 spiro atoms. The van der Waals surface area contributed by atoms with Crippen LogP contribution in [0.3, 0.4) is 0 Å². The highest BCUT2D eigenvalue weighted by Crippen LogP contribution is 2.25. The molecular formula is C22H24BrN5O2S. The van der Waals surface area contributed by atoms with Gasteiger partial charge in [0.1, 0.15) is 11.6 Å². The molecule has 2 aromatic heterocycles. The lowest BCUT2D eigenvalue weighted by atomic mass is 10.2. The van der Waals surface area contributed by atoms with Crippen molar-refractivity contribution in [3.8, 4) is 5.75 Å². The van der Waals surface area contributed by atoms with Crippen LogP contribution in [0.25, 0.3) is 0 Å². The Kier molecular flexibility index (Phi) is 8.25. The number of ether oxygens (including phenoxy) is 1. The lowest BCUT2D eigenvalue weighted by molar-refractivity contribution is -0.113. The van der Waals surface area contributed by atoms with E-state index in [1.807, 2.05) is 29.7 Å². The molecule has 3 rings (SSSR count). The van der Waals surface area contributed by atoms with Crippen LogP contribution in [0.2, 0.25) is 0 Å². The van der Waals surface area contributed by atoms with Crippen molar-refractivity contribution >= 4 is 39.4 Å². The number of hydrogen-bond acceptors (Lipinski definition) is 6. The predicted octanol–water partition coefficient (Wildman–Crippen LogP) is 5.05. The Labute approximate surface area is 194 Å². The van der Waals surface area contributed by atoms with E-state index in [1.165, 1.54) is 17.3 Å². The van der Waals surface area contributed by atoms with Gasteiger partial charge in [-0.15, -0.1) is 16.8 Å². The third-order valence-corrected chi connectivity index (χ3v) is 5.83. The normalized spacial score (nSPS) is 11.7. The van der Waals surface area contributed by atoms with E-state index in [0.717, 1.165) is 16.6 Å². The zero-order chi connectivity index (χ0) is 22.2. The summed E-state index contributed by atoms with van der Waals surface area (Å²) in [5, 5.41) is 12.0. The molecule has 0 aliphatic rings. The fourth-order valence-corrected chi connectivity index (χ4v) is 3.82. The van der Waals surface area contributed by atoms with Crippen molar-refractivity contribution in [3.05, 3.63) is 71.1 Å². The first-order valence-electron chi connectivity index (χ1n) is 9.84. The van der Waals surface area contributed by atoms with E-state index in [-0.39, 0.29) is 17.8 Å². The number of nitrogens with one attached hydrogen (secondary N) is 1. The lowest BCUT2D eigenvalue weighted by Gasteiger charge is -2.16. The highest BCUT2D eigenvalue weighted by molar-refractivity contribution is 9.10. The SMILES string of the molecule is C=CCn1c(SCC(=O)Nc2ccc(Br)cn2)nnc1C(C)Oc1ccc(CC)cc1. The quantitative estimate of drug-likeness (QED) is 0.309. The summed E-state index contributed by atoms with van der Waals surface area (Å²) in [5.74, 6) is 1.96. The smallest absolute Gasteiger partial charge is 0.236 e. The molecule has 0 radical (unpaired) electrons. The minimum absolute atomic E-state index is 0.171. The van der Waals surface area contributed by atoms with Gasteiger partial charge in [0.25, 0.3) is 0 Å². The molecule has 0 aliphatic carbocycles. The summed E-state index contributed by atoms with van der Waals surface area (Å²) in [6.45, 7) is 8.38. The van der Waals surface area contributed by atoms with Crippen LogP contribution in [0.4, 0.5) is 5.82 Å². The molecule has 162 valence electrons. The van der Waals surface area contributed by atoms with Gasteiger partial charge in [-0.25, -0.2) is 4.98 Å². The number of thioether (sulfide) groups is 1. The van der Waals surface area contributed by atoms with E-state index >= 15 is 0 Å². The van der Waals surface area contributed by atoms with Gasteiger partial charge in [0.2, 0.25) is 5.91 Å². The van der Waals surface area contributed by atoms with Crippen LogP contribution in [-0.2, 0) is 17.8 Å². The van der Waals surface area contributed by atoms with E-state index in [2.05, 4.69) is 62.1 Å². The average Bonchev–Trinajstić information content (AvgIpc) is 3.17. The van der Waals surface area contributed by atoms with E-state index in [1.54, 1.807) is 18.3 Å². The number of carbonyl (C=O) groups excluding carboxylic acids is 1. The Morgan fingerprint density at radius 2 is 2.06 bits per heavy atom. The number of allylic oxidation sites excluding steroid dienone is 1. The molecule has 9 heteroatoms. The maximum atomic E-state index is 12.3. The number of hydrogen-bond donors (Lipinski definition) is 1. The fraction of sp³-hybridized carbons (Fsp3) is 0.273. The number of pyridine rings is 1. The van der Waals surface area contributed by atoms with E-state index in [9.17, 15) is 4.79 Å². The number of benzene rings is 1. The molecule has 0 bridgehead atoms. The summed E-state index contributed by atoms with van der Waals surface area (Å²) in [6.07, 6.45) is 4.07. The number of rotatable bonds is 10. The van der Waals surface area contributed by atoms with Crippen LogP contribution in [-0.4, -0.2) is 31.4 Å². The second-order valence-electron chi connectivity index (χ2n) is 6.70. The minimum atomic E-state index is -0.310. The largest absolute Gasteiger partial charge is 0.483 e. The summed E-state index contributed by atoms with van der Waals surface area (Å²) in [5.41, 5.74) is 1.25. The maximum Gasteiger partial charge on any atom is 0.236 e. The first-order chi connectivity index (χ1) is 15.0. The number of aryl methyl sites for hydroxylation is 1. The molecule has 0 saturated carbocycles. The summed E-state index contributed by atoms with van der Waals surface area (Å²) in [7, 11) is 0. The molecule has 31 heavy (non-hydrogen) atoms. The minimum Gasteiger partial charge on any atom is -0.483 e. The summed E-state index contributed by atoms with van der Waals surface area (Å²) >= 11 is 4.63. The monoisotopic (exact) mass is 501 g/mol. The molecule has 2 heterocycles. The van der Waals surface area contributed by atoms with Gasteiger partial charge in [-0.1, -0.05) is 36.9 Å². The topological polar surface area (TPSA) is 81.9 Å². The van der Waals surface area contributed by atoms with Crippen LogP contribution >= 0.6 is 27.7 Å². The number of amides is 1. The van der Waals surface area contributed by atoms with Crippen molar-refractivity contribution in [1.82, 2.24) is 19.7 Å². The second-order valence-corrected chi connectivity index (χ2v) is 8.55. The highest BCUT2D eigenvalue weighted by Gasteiger charge is 2.20. The molecule has 1 amide bonds. The van der Waals surface area contributed by atoms with Gasteiger partial charge in [0, 0.05) is 17.2 Å². The molecule has 7 nitrogen and oxygen atoms in total. The van der Waals surface area contributed by atoms with Gasteiger partial charge in [-0.2, -0.15) is 0 Å². The van der Waals surface area contributed by atoms with Crippen molar-refractivity contribution in [2.24, 2.45) is 0 Å². The van der Waals surface area contributed by atoms with Crippen LogP contribution in [0.1, 0.15) is 31.3 Å². The van der Waals surface area contributed by atoms with Gasteiger partial charge in [0.05, 0.1) is 5.75 Å². The molecule has 1 aromatic carbocycles. The van der Waals surface area contributed by atoms with E-state index in [4.69, 9.17) is 4.74 Å². The van der Waals surface area contributed by atoms with E-state index < -0.39 is 0 Å².